The second kappa shape index (κ2) is 5.38. The molecule has 0 heterocycles. The number of rotatable bonds is 4. The van der Waals surface area contributed by atoms with E-state index in [1.807, 2.05) is 13.0 Å². The van der Waals surface area contributed by atoms with Crippen molar-refractivity contribution in [3.63, 3.8) is 0 Å². The van der Waals surface area contributed by atoms with Gasteiger partial charge in [-0.05, 0) is 43.0 Å². The SMILES string of the molecule is CCC(CN)Cc1ccc(Cl)c(C)c1. The Morgan fingerprint density at radius 2 is 2.14 bits per heavy atom. The van der Waals surface area contributed by atoms with Gasteiger partial charge < -0.3 is 5.73 Å². The second-order valence-corrected chi connectivity index (χ2v) is 4.20. The first-order valence-electron chi connectivity index (χ1n) is 5.12. The minimum absolute atomic E-state index is 0.593. The van der Waals surface area contributed by atoms with Gasteiger partial charge in [-0.2, -0.15) is 0 Å². The summed E-state index contributed by atoms with van der Waals surface area (Å²) >= 11 is 5.96. The fraction of sp³-hybridized carbons (Fsp3) is 0.500. The molecule has 0 fully saturated rings. The van der Waals surface area contributed by atoms with Gasteiger partial charge in [-0.15, -0.1) is 0 Å². The van der Waals surface area contributed by atoms with Gasteiger partial charge in [-0.3, -0.25) is 0 Å². The summed E-state index contributed by atoms with van der Waals surface area (Å²) in [7, 11) is 0. The zero-order valence-corrected chi connectivity index (χ0v) is 9.64. The zero-order chi connectivity index (χ0) is 10.6. The molecule has 0 saturated carbocycles. The van der Waals surface area contributed by atoms with Crippen LogP contribution in [0.5, 0.6) is 0 Å². The van der Waals surface area contributed by atoms with E-state index in [9.17, 15) is 0 Å². The average molecular weight is 212 g/mol. The second-order valence-electron chi connectivity index (χ2n) is 3.80. The van der Waals surface area contributed by atoms with E-state index in [0.717, 1.165) is 30.0 Å². The van der Waals surface area contributed by atoms with Gasteiger partial charge in [0.1, 0.15) is 0 Å². The molecule has 0 aliphatic carbocycles. The molecule has 0 bridgehead atoms. The summed E-state index contributed by atoms with van der Waals surface area (Å²) in [4.78, 5) is 0. The molecule has 1 nitrogen and oxygen atoms in total. The monoisotopic (exact) mass is 211 g/mol. The van der Waals surface area contributed by atoms with Gasteiger partial charge in [0.2, 0.25) is 0 Å². The van der Waals surface area contributed by atoms with Gasteiger partial charge >= 0.3 is 0 Å². The van der Waals surface area contributed by atoms with Crippen molar-refractivity contribution in [1.82, 2.24) is 0 Å². The fourth-order valence-corrected chi connectivity index (χ4v) is 1.68. The van der Waals surface area contributed by atoms with E-state index >= 15 is 0 Å². The summed E-state index contributed by atoms with van der Waals surface area (Å²) in [5.74, 6) is 0.593. The van der Waals surface area contributed by atoms with Crippen molar-refractivity contribution in [2.75, 3.05) is 6.54 Å². The molecule has 0 aliphatic rings. The van der Waals surface area contributed by atoms with Gasteiger partial charge in [0.25, 0.3) is 0 Å². The summed E-state index contributed by atoms with van der Waals surface area (Å²) in [5.41, 5.74) is 8.16. The first-order chi connectivity index (χ1) is 6.67. The molecule has 0 aromatic heterocycles. The molecule has 1 aromatic rings. The van der Waals surface area contributed by atoms with Crippen molar-refractivity contribution >= 4 is 11.6 Å². The molecule has 1 aromatic carbocycles. The fourth-order valence-electron chi connectivity index (χ4n) is 1.56. The standard InChI is InChI=1S/C12H18ClN/c1-3-10(8-14)7-11-4-5-12(13)9(2)6-11/h4-6,10H,3,7-8,14H2,1-2H3. The van der Waals surface area contributed by atoms with Crippen LogP contribution in [0.3, 0.4) is 0 Å². The van der Waals surface area contributed by atoms with Crippen LogP contribution in [0.1, 0.15) is 24.5 Å². The number of nitrogens with two attached hydrogens (primary N) is 1. The predicted molar refractivity (Wildman–Crippen MR) is 62.7 cm³/mol. The first kappa shape index (κ1) is 11.5. The predicted octanol–water partition coefficient (Wildman–Crippen LogP) is 3.18. The number of benzene rings is 1. The first-order valence-corrected chi connectivity index (χ1v) is 5.50. The Hall–Kier alpha value is -0.530. The molecule has 0 radical (unpaired) electrons. The Morgan fingerprint density at radius 1 is 1.43 bits per heavy atom. The topological polar surface area (TPSA) is 26.0 Å². The molecular weight excluding hydrogens is 194 g/mol. The van der Waals surface area contributed by atoms with Gasteiger partial charge in [-0.1, -0.05) is 37.1 Å². The van der Waals surface area contributed by atoms with Crippen molar-refractivity contribution in [1.29, 1.82) is 0 Å². The van der Waals surface area contributed by atoms with E-state index in [2.05, 4.69) is 19.1 Å². The number of aryl methyl sites for hydroxylation is 1. The number of hydrogen-bond donors (Lipinski definition) is 1. The maximum atomic E-state index is 5.96. The van der Waals surface area contributed by atoms with Gasteiger partial charge in [0.15, 0.2) is 0 Å². The van der Waals surface area contributed by atoms with Crippen LogP contribution in [0.15, 0.2) is 18.2 Å². The van der Waals surface area contributed by atoms with Crippen molar-refractivity contribution in [3.8, 4) is 0 Å². The summed E-state index contributed by atoms with van der Waals surface area (Å²) in [6, 6.07) is 6.21. The Balaban J connectivity index is 2.72. The van der Waals surface area contributed by atoms with Crippen LogP contribution in [0.25, 0.3) is 0 Å². The van der Waals surface area contributed by atoms with Crippen LogP contribution in [-0.2, 0) is 6.42 Å². The lowest BCUT2D eigenvalue weighted by molar-refractivity contribution is 0.519. The van der Waals surface area contributed by atoms with E-state index in [-0.39, 0.29) is 0 Å². The third-order valence-corrected chi connectivity index (χ3v) is 3.08. The normalized spacial score (nSPS) is 12.9. The van der Waals surface area contributed by atoms with E-state index in [1.54, 1.807) is 0 Å². The Bertz CT molecular complexity index is 292. The molecule has 1 atom stereocenters. The smallest absolute Gasteiger partial charge is 0.0435 e. The van der Waals surface area contributed by atoms with Gasteiger partial charge in [0, 0.05) is 5.02 Å². The molecule has 1 unspecified atom stereocenters. The minimum Gasteiger partial charge on any atom is -0.330 e. The summed E-state index contributed by atoms with van der Waals surface area (Å²) in [6.45, 7) is 4.98. The number of hydrogen-bond acceptors (Lipinski definition) is 1. The quantitative estimate of drug-likeness (QED) is 0.814. The molecule has 0 saturated heterocycles. The van der Waals surface area contributed by atoms with Crippen molar-refractivity contribution in [3.05, 3.63) is 34.3 Å². The molecule has 2 heteroatoms. The van der Waals surface area contributed by atoms with Gasteiger partial charge in [-0.25, -0.2) is 0 Å². The number of halogens is 1. The highest BCUT2D eigenvalue weighted by molar-refractivity contribution is 6.31. The van der Waals surface area contributed by atoms with Crippen LogP contribution in [-0.4, -0.2) is 6.54 Å². The Kier molecular flexibility index (Phi) is 4.43. The van der Waals surface area contributed by atoms with Crippen molar-refractivity contribution in [2.24, 2.45) is 11.7 Å². The van der Waals surface area contributed by atoms with E-state index in [0.29, 0.717) is 5.92 Å². The van der Waals surface area contributed by atoms with Gasteiger partial charge in [0.05, 0.1) is 0 Å². The van der Waals surface area contributed by atoms with E-state index in [4.69, 9.17) is 17.3 Å². The third kappa shape index (κ3) is 3.00. The molecule has 2 N–H and O–H groups in total. The van der Waals surface area contributed by atoms with Crippen LogP contribution >= 0.6 is 11.6 Å². The highest BCUT2D eigenvalue weighted by Crippen LogP contribution is 2.19. The van der Waals surface area contributed by atoms with Crippen molar-refractivity contribution in [2.45, 2.75) is 26.7 Å². The summed E-state index contributed by atoms with van der Waals surface area (Å²) in [6.07, 6.45) is 2.20. The van der Waals surface area contributed by atoms with Crippen LogP contribution in [0.4, 0.5) is 0 Å². The molecule has 1 rings (SSSR count). The maximum absolute atomic E-state index is 5.96. The molecular formula is C12H18ClN. The van der Waals surface area contributed by atoms with E-state index < -0.39 is 0 Å². The van der Waals surface area contributed by atoms with E-state index in [1.165, 1.54) is 5.56 Å². The summed E-state index contributed by atoms with van der Waals surface area (Å²) < 4.78 is 0. The molecule has 14 heavy (non-hydrogen) atoms. The Labute approximate surface area is 91.3 Å². The van der Waals surface area contributed by atoms with Crippen molar-refractivity contribution < 1.29 is 0 Å². The lowest BCUT2D eigenvalue weighted by Crippen LogP contribution is -2.15. The van der Waals surface area contributed by atoms with Crippen LogP contribution in [0.2, 0.25) is 5.02 Å². The molecule has 0 aliphatic heterocycles. The van der Waals surface area contributed by atoms with Crippen LogP contribution < -0.4 is 5.73 Å². The third-order valence-electron chi connectivity index (χ3n) is 2.66. The lowest BCUT2D eigenvalue weighted by Gasteiger charge is -2.12. The lowest BCUT2D eigenvalue weighted by atomic mass is 9.96. The maximum Gasteiger partial charge on any atom is 0.0435 e. The highest BCUT2D eigenvalue weighted by atomic mass is 35.5. The molecule has 78 valence electrons. The summed E-state index contributed by atoms with van der Waals surface area (Å²) in [5, 5.41) is 0.842. The largest absolute Gasteiger partial charge is 0.330 e. The Morgan fingerprint density at radius 3 is 2.64 bits per heavy atom. The molecule has 0 amide bonds. The minimum atomic E-state index is 0.593. The van der Waals surface area contributed by atoms with Crippen LogP contribution in [0, 0.1) is 12.8 Å². The zero-order valence-electron chi connectivity index (χ0n) is 8.89. The molecule has 0 spiro atoms. The highest BCUT2D eigenvalue weighted by Gasteiger charge is 2.05. The average Bonchev–Trinajstić information content (AvgIpc) is 2.19.